The van der Waals surface area contributed by atoms with Crippen molar-refractivity contribution in [1.82, 2.24) is 0 Å². The first-order chi connectivity index (χ1) is 11.4. The molecule has 3 nitrogen and oxygen atoms in total. The van der Waals surface area contributed by atoms with E-state index in [4.69, 9.17) is 4.42 Å². The summed E-state index contributed by atoms with van der Waals surface area (Å²) in [5.74, 6) is 1.08. The van der Waals surface area contributed by atoms with Gasteiger partial charge in [-0.05, 0) is 43.7 Å². The maximum absolute atomic E-state index is 12.8. The summed E-state index contributed by atoms with van der Waals surface area (Å²) < 4.78 is 44.1. The Morgan fingerprint density at radius 2 is 1.92 bits per heavy atom. The standard InChI is InChI=1S/C18H17F3N2O/c1-3-23(4-2)17-9-8-16(24-17)11-14(12-22)13-6-5-7-15(10-13)18(19,20)21/h5-11H,3-4H2,1-2H3/b14-11+. The van der Waals surface area contributed by atoms with Gasteiger partial charge in [-0.15, -0.1) is 0 Å². The highest BCUT2D eigenvalue weighted by Gasteiger charge is 2.30. The van der Waals surface area contributed by atoms with Crippen LogP contribution in [0.1, 0.15) is 30.7 Å². The summed E-state index contributed by atoms with van der Waals surface area (Å²) in [5, 5.41) is 9.29. The second-order valence-corrected chi connectivity index (χ2v) is 5.10. The van der Waals surface area contributed by atoms with Gasteiger partial charge in [-0.25, -0.2) is 0 Å². The van der Waals surface area contributed by atoms with Gasteiger partial charge in [0.25, 0.3) is 0 Å². The Morgan fingerprint density at radius 3 is 2.50 bits per heavy atom. The molecule has 0 aliphatic carbocycles. The van der Waals surface area contributed by atoms with E-state index in [1.807, 2.05) is 24.8 Å². The maximum atomic E-state index is 12.8. The molecule has 1 aromatic heterocycles. The van der Waals surface area contributed by atoms with E-state index in [-0.39, 0.29) is 11.1 Å². The Hall–Kier alpha value is -2.68. The van der Waals surface area contributed by atoms with Crippen LogP contribution < -0.4 is 4.90 Å². The molecule has 0 saturated heterocycles. The molecule has 1 heterocycles. The number of hydrogen-bond acceptors (Lipinski definition) is 3. The Kier molecular flexibility index (Phi) is 5.35. The third-order valence-electron chi connectivity index (χ3n) is 3.60. The van der Waals surface area contributed by atoms with Gasteiger partial charge in [-0.3, -0.25) is 0 Å². The minimum atomic E-state index is -4.45. The average Bonchev–Trinajstić information content (AvgIpc) is 3.01. The summed E-state index contributed by atoms with van der Waals surface area (Å²) >= 11 is 0. The van der Waals surface area contributed by atoms with Gasteiger partial charge in [0.1, 0.15) is 5.76 Å². The van der Waals surface area contributed by atoms with E-state index in [9.17, 15) is 18.4 Å². The first-order valence-electron chi connectivity index (χ1n) is 7.53. The van der Waals surface area contributed by atoms with Crippen molar-refractivity contribution in [2.24, 2.45) is 0 Å². The number of hydrogen-bond donors (Lipinski definition) is 0. The van der Waals surface area contributed by atoms with Crippen LogP contribution in [-0.2, 0) is 6.18 Å². The zero-order valence-electron chi connectivity index (χ0n) is 13.4. The Morgan fingerprint density at radius 1 is 1.21 bits per heavy atom. The number of alkyl halides is 3. The van der Waals surface area contributed by atoms with E-state index in [1.54, 1.807) is 12.1 Å². The van der Waals surface area contributed by atoms with Crippen molar-refractivity contribution in [1.29, 1.82) is 5.26 Å². The highest BCUT2D eigenvalue weighted by atomic mass is 19.4. The summed E-state index contributed by atoms with van der Waals surface area (Å²) in [6, 6.07) is 10.1. The van der Waals surface area contributed by atoms with Crippen LogP contribution in [0.15, 0.2) is 40.8 Å². The molecule has 0 N–H and O–H groups in total. The summed E-state index contributed by atoms with van der Waals surface area (Å²) in [4.78, 5) is 1.99. The van der Waals surface area contributed by atoms with Gasteiger partial charge in [0.2, 0.25) is 0 Å². The molecule has 0 aliphatic heterocycles. The highest BCUT2D eigenvalue weighted by Crippen LogP contribution is 2.31. The second kappa shape index (κ2) is 7.26. The number of benzene rings is 1. The first kappa shape index (κ1) is 17.7. The van der Waals surface area contributed by atoms with Crippen molar-refractivity contribution in [2.45, 2.75) is 20.0 Å². The first-order valence-corrected chi connectivity index (χ1v) is 7.53. The maximum Gasteiger partial charge on any atom is 0.416 e. The Bertz CT molecular complexity index is 765. The minimum Gasteiger partial charge on any atom is -0.441 e. The number of halogens is 3. The monoisotopic (exact) mass is 334 g/mol. The topological polar surface area (TPSA) is 40.2 Å². The lowest BCUT2D eigenvalue weighted by atomic mass is 10.0. The van der Waals surface area contributed by atoms with E-state index in [1.165, 1.54) is 18.2 Å². The number of nitriles is 1. The van der Waals surface area contributed by atoms with E-state index < -0.39 is 11.7 Å². The van der Waals surface area contributed by atoms with Crippen LogP contribution in [0.4, 0.5) is 19.1 Å². The molecule has 0 atom stereocenters. The zero-order valence-corrected chi connectivity index (χ0v) is 13.4. The van der Waals surface area contributed by atoms with E-state index in [0.29, 0.717) is 11.6 Å². The molecule has 0 radical (unpaired) electrons. The van der Waals surface area contributed by atoms with Crippen LogP contribution in [-0.4, -0.2) is 13.1 Å². The van der Waals surface area contributed by atoms with Crippen molar-refractivity contribution in [3.05, 3.63) is 53.3 Å². The average molecular weight is 334 g/mol. The van der Waals surface area contributed by atoms with E-state index in [2.05, 4.69) is 0 Å². The van der Waals surface area contributed by atoms with Gasteiger partial charge >= 0.3 is 6.18 Å². The molecular formula is C18H17F3N2O. The van der Waals surface area contributed by atoms with Gasteiger partial charge in [0.05, 0.1) is 17.2 Å². The number of allylic oxidation sites excluding steroid dienone is 1. The smallest absolute Gasteiger partial charge is 0.416 e. The molecule has 0 saturated carbocycles. The molecule has 1 aromatic carbocycles. The molecule has 0 spiro atoms. The lowest BCUT2D eigenvalue weighted by Gasteiger charge is -2.16. The summed E-state index contributed by atoms with van der Waals surface area (Å²) in [6.45, 7) is 5.52. The summed E-state index contributed by atoms with van der Waals surface area (Å²) in [7, 11) is 0. The highest BCUT2D eigenvalue weighted by molar-refractivity contribution is 5.89. The van der Waals surface area contributed by atoms with Crippen LogP contribution in [0.5, 0.6) is 0 Å². The Labute approximate surface area is 138 Å². The fraction of sp³-hybridized carbons (Fsp3) is 0.278. The number of anilines is 1. The molecule has 2 aromatic rings. The fourth-order valence-corrected chi connectivity index (χ4v) is 2.31. The molecule has 126 valence electrons. The number of rotatable bonds is 5. The third kappa shape index (κ3) is 3.99. The van der Waals surface area contributed by atoms with Crippen LogP contribution in [0.2, 0.25) is 0 Å². The predicted molar refractivity (Wildman–Crippen MR) is 87.2 cm³/mol. The van der Waals surface area contributed by atoms with Crippen molar-refractivity contribution >= 4 is 17.5 Å². The molecule has 6 heteroatoms. The fourth-order valence-electron chi connectivity index (χ4n) is 2.31. The zero-order chi connectivity index (χ0) is 17.7. The molecule has 0 bridgehead atoms. The largest absolute Gasteiger partial charge is 0.441 e. The molecule has 24 heavy (non-hydrogen) atoms. The van der Waals surface area contributed by atoms with Crippen molar-refractivity contribution in [3.8, 4) is 6.07 Å². The predicted octanol–water partition coefficient (Wildman–Crippen LogP) is 5.21. The summed E-state index contributed by atoms with van der Waals surface area (Å²) in [5.41, 5.74) is -0.473. The van der Waals surface area contributed by atoms with Crippen molar-refractivity contribution in [3.63, 3.8) is 0 Å². The van der Waals surface area contributed by atoms with Gasteiger partial charge in [0, 0.05) is 19.2 Å². The molecule has 0 fully saturated rings. The second-order valence-electron chi connectivity index (χ2n) is 5.10. The van der Waals surface area contributed by atoms with Crippen LogP contribution in [0, 0.1) is 11.3 Å². The Balaban J connectivity index is 2.36. The lowest BCUT2D eigenvalue weighted by Crippen LogP contribution is -2.20. The molecule has 0 amide bonds. The van der Waals surface area contributed by atoms with Crippen molar-refractivity contribution < 1.29 is 17.6 Å². The molecule has 0 aliphatic rings. The quantitative estimate of drug-likeness (QED) is 0.705. The number of furan rings is 1. The number of nitrogens with zero attached hydrogens (tertiary/aromatic N) is 2. The minimum absolute atomic E-state index is 0.113. The lowest BCUT2D eigenvalue weighted by molar-refractivity contribution is -0.137. The third-order valence-corrected chi connectivity index (χ3v) is 3.60. The van der Waals surface area contributed by atoms with E-state index in [0.717, 1.165) is 25.2 Å². The molecular weight excluding hydrogens is 317 g/mol. The van der Waals surface area contributed by atoms with Gasteiger partial charge in [-0.2, -0.15) is 18.4 Å². The molecule has 2 rings (SSSR count). The van der Waals surface area contributed by atoms with Gasteiger partial charge in [-0.1, -0.05) is 12.1 Å². The van der Waals surface area contributed by atoms with E-state index >= 15 is 0 Å². The SMILES string of the molecule is CCN(CC)c1ccc(/C=C(\C#N)c2cccc(C(F)(F)F)c2)o1. The normalized spacial score (nSPS) is 12.1. The van der Waals surface area contributed by atoms with Crippen LogP contribution >= 0.6 is 0 Å². The van der Waals surface area contributed by atoms with Crippen LogP contribution in [0.3, 0.4) is 0 Å². The van der Waals surface area contributed by atoms with Gasteiger partial charge < -0.3 is 9.32 Å². The molecule has 0 unspecified atom stereocenters. The van der Waals surface area contributed by atoms with Crippen molar-refractivity contribution in [2.75, 3.05) is 18.0 Å². The van der Waals surface area contributed by atoms with Gasteiger partial charge in [0.15, 0.2) is 5.88 Å². The summed E-state index contributed by atoms with van der Waals surface area (Å²) in [6.07, 6.45) is -3.00. The van der Waals surface area contributed by atoms with Crippen LogP contribution in [0.25, 0.3) is 11.6 Å².